The van der Waals surface area contributed by atoms with Crippen molar-refractivity contribution in [2.45, 2.75) is 6.42 Å². The number of hydrogen-bond acceptors (Lipinski definition) is 2. The second-order valence-electron chi connectivity index (χ2n) is 5.57. The predicted molar refractivity (Wildman–Crippen MR) is 101 cm³/mol. The molecule has 0 fully saturated rings. The zero-order valence-electron chi connectivity index (χ0n) is 13.8. The minimum atomic E-state index is 0.287. The van der Waals surface area contributed by atoms with Crippen molar-refractivity contribution < 1.29 is 9.84 Å². The lowest BCUT2D eigenvalue weighted by Gasteiger charge is -2.03. The van der Waals surface area contributed by atoms with E-state index in [9.17, 15) is 5.11 Å². The van der Waals surface area contributed by atoms with Gasteiger partial charge in [0.1, 0.15) is 11.5 Å². The van der Waals surface area contributed by atoms with Crippen LogP contribution in [0.1, 0.15) is 22.3 Å². The largest absolute Gasteiger partial charge is 0.508 e. The third-order valence-electron chi connectivity index (χ3n) is 3.74. The molecule has 3 rings (SSSR count). The van der Waals surface area contributed by atoms with Crippen LogP contribution in [0.2, 0.25) is 0 Å². The van der Waals surface area contributed by atoms with E-state index >= 15 is 0 Å². The number of benzene rings is 3. The predicted octanol–water partition coefficient (Wildman–Crippen LogP) is 4.91. The maximum absolute atomic E-state index is 9.34. The first-order valence-corrected chi connectivity index (χ1v) is 8.00. The monoisotopic (exact) mass is 326 g/mol. The highest BCUT2D eigenvalue weighted by Crippen LogP contribution is 2.17. The van der Waals surface area contributed by atoms with Crippen LogP contribution >= 0.6 is 0 Å². The fraction of sp³-hybridized carbons (Fsp3) is 0.0435. The summed E-state index contributed by atoms with van der Waals surface area (Å²) in [6, 6.07) is 23.1. The Labute approximate surface area is 148 Å². The molecule has 3 aromatic carbocycles. The van der Waals surface area contributed by atoms with E-state index in [0.717, 1.165) is 23.1 Å². The Kier molecular flexibility index (Phi) is 5.19. The van der Waals surface area contributed by atoms with Crippen LogP contribution in [-0.2, 0) is 6.42 Å². The molecule has 0 radical (unpaired) electrons. The van der Waals surface area contributed by atoms with Crippen molar-refractivity contribution in [3.05, 3.63) is 108 Å². The fourth-order valence-electron chi connectivity index (χ4n) is 2.46. The maximum atomic E-state index is 9.34. The molecule has 0 heterocycles. The van der Waals surface area contributed by atoms with Gasteiger partial charge in [0.05, 0.1) is 11.8 Å². The lowest BCUT2D eigenvalue weighted by molar-refractivity contribution is 0.475. The van der Waals surface area contributed by atoms with Gasteiger partial charge >= 0.3 is 0 Å². The molecule has 122 valence electrons. The first-order chi connectivity index (χ1) is 12.2. The van der Waals surface area contributed by atoms with Crippen molar-refractivity contribution in [1.29, 1.82) is 0 Å². The summed E-state index contributed by atoms with van der Waals surface area (Å²) in [5.41, 5.74) is 4.14. The van der Waals surface area contributed by atoms with E-state index < -0.39 is 0 Å². The summed E-state index contributed by atoms with van der Waals surface area (Å²) >= 11 is 0. The molecule has 0 amide bonds. The average molecular weight is 326 g/mol. The standard InChI is InChI=1S/C23H18O2/c1-2-25-23-6-4-3-5-21(23)14-11-18-7-9-19(10-8-18)17-20-12-15-22(24)16-13-20/h2-10,12-13,15-16,24H,1,17H2. The first kappa shape index (κ1) is 16.4. The maximum Gasteiger partial charge on any atom is 0.142 e. The van der Waals surface area contributed by atoms with Gasteiger partial charge in [-0.25, -0.2) is 0 Å². The van der Waals surface area contributed by atoms with Crippen LogP contribution in [0.5, 0.6) is 11.5 Å². The Morgan fingerprint density at radius 1 is 0.840 bits per heavy atom. The molecule has 2 nitrogen and oxygen atoms in total. The molecule has 0 atom stereocenters. The van der Waals surface area contributed by atoms with E-state index in [2.05, 4.69) is 30.6 Å². The Hall–Kier alpha value is -3.44. The highest BCUT2D eigenvalue weighted by molar-refractivity contribution is 5.50. The summed E-state index contributed by atoms with van der Waals surface area (Å²) in [4.78, 5) is 0. The van der Waals surface area contributed by atoms with E-state index in [1.807, 2.05) is 48.5 Å². The SMILES string of the molecule is C=COc1ccccc1C#Cc1ccc(Cc2ccc(O)cc2)cc1. The van der Waals surface area contributed by atoms with Gasteiger partial charge in [-0.15, -0.1) is 0 Å². The zero-order chi connectivity index (χ0) is 17.5. The number of phenolic OH excluding ortho intramolecular Hbond substituents is 1. The lowest BCUT2D eigenvalue weighted by atomic mass is 10.0. The van der Waals surface area contributed by atoms with Crippen molar-refractivity contribution in [3.8, 4) is 23.3 Å². The van der Waals surface area contributed by atoms with Gasteiger partial charge in [-0.2, -0.15) is 0 Å². The van der Waals surface area contributed by atoms with Crippen molar-refractivity contribution in [2.75, 3.05) is 0 Å². The van der Waals surface area contributed by atoms with Gasteiger partial charge in [-0.1, -0.05) is 54.8 Å². The number of phenols is 1. The summed E-state index contributed by atoms with van der Waals surface area (Å²) in [6.45, 7) is 3.58. The molecular formula is C23H18O2. The summed E-state index contributed by atoms with van der Waals surface area (Å²) in [7, 11) is 0. The third kappa shape index (κ3) is 4.53. The molecule has 2 heteroatoms. The van der Waals surface area contributed by atoms with Crippen molar-refractivity contribution in [2.24, 2.45) is 0 Å². The topological polar surface area (TPSA) is 29.5 Å². The van der Waals surface area contributed by atoms with E-state index in [4.69, 9.17) is 4.74 Å². The number of ether oxygens (including phenoxy) is 1. The Balaban J connectivity index is 1.73. The number of para-hydroxylation sites is 1. The van der Waals surface area contributed by atoms with Crippen LogP contribution in [0.15, 0.2) is 85.6 Å². The van der Waals surface area contributed by atoms with E-state index in [1.54, 1.807) is 12.1 Å². The molecule has 0 aliphatic rings. The van der Waals surface area contributed by atoms with Crippen LogP contribution in [0, 0.1) is 11.8 Å². The highest BCUT2D eigenvalue weighted by atomic mass is 16.5. The van der Waals surface area contributed by atoms with Crippen LogP contribution in [0.25, 0.3) is 0 Å². The van der Waals surface area contributed by atoms with E-state index in [0.29, 0.717) is 5.75 Å². The van der Waals surface area contributed by atoms with Gasteiger partial charge in [0, 0.05) is 5.56 Å². The summed E-state index contributed by atoms with van der Waals surface area (Å²) in [6.07, 6.45) is 2.22. The normalized spacial score (nSPS) is 9.76. The molecule has 0 saturated heterocycles. The molecule has 0 spiro atoms. The van der Waals surface area contributed by atoms with Gasteiger partial charge in [0.25, 0.3) is 0 Å². The summed E-state index contributed by atoms with van der Waals surface area (Å²) < 4.78 is 5.36. The van der Waals surface area contributed by atoms with Crippen LogP contribution in [0.4, 0.5) is 0 Å². The molecule has 0 bridgehead atoms. The number of rotatable bonds is 4. The summed E-state index contributed by atoms with van der Waals surface area (Å²) in [5, 5.41) is 9.34. The van der Waals surface area contributed by atoms with Crippen molar-refractivity contribution in [3.63, 3.8) is 0 Å². The Morgan fingerprint density at radius 3 is 2.16 bits per heavy atom. The molecule has 0 aliphatic carbocycles. The van der Waals surface area contributed by atoms with Crippen molar-refractivity contribution in [1.82, 2.24) is 0 Å². The van der Waals surface area contributed by atoms with Crippen LogP contribution in [-0.4, -0.2) is 5.11 Å². The smallest absolute Gasteiger partial charge is 0.142 e. The molecule has 0 saturated carbocycles. The first-order valence-electron chi connectivity index (χ1n) is 8.00. The lowest BCUT2D eigenvalue weighted by Crippen LogP contribution is -1.88. The second-order valence-corrected chi connectivity index (χ2v) is 5.57. The second kappa shape index (κ2) is 7.90. The van der Waals surface area contributed by atoms with Crippen LogP contribution in [0.3, 0.4) is 0 Å². The van der Waals surface area contributed by atoms with Crippen LogP contribution < -0.4 is 4.74 Å². The fourth-order valence-corrected chi connectivity index (χ4v) is 2.46. The molecule has 1 N–H and O–H groups in total. The minimum absolute atomic E-state index is 0.287. The molecule has 0 aromatic heterocycles. The van der Waals surface area contributed by atoms with Crippen molar-refractivity contribution >= 4 is 0 Å². The molecule has 0 aliphatic heterocycles. The van der Waals surface area contributed by atoms with Gasteiger partial charge in [0.15, 0.2) is 0 Å². The third-order valence-corrected chi connectivity index (χ3v) is 3.74. The summed E-state index contributed by atoms with van der Waals surface area (Å²) in [5.74, 6) is 7.29. The van der Waals surface area contributed by atoms with E-state index in [-0.39, 0.29) is 5.75 Å². The molecular weight excluding hydrogens is 308 g/mol. The zero-order valence-corrected chi connectivity index (χ0v) is 13.8. The average Bonchev–Trinajstić information content (AvgIpc) is 2.64. The van der Waals surface area contributed by atoms with Gasteiger partial charge in [-0.3, -0.25) is 0 Å². The molecule has 3 aromatic rings. The number of hydrogen-bond donors (Lipinski definition) is 1. The van der Waals surface area contributed by atoms with Gasteiger partial charge < -0.3 is 9.84 Å². The number of aromatic hydroxyl groups is 1. The van der Waals surface area contributed by atoms with E-state index in [1.165, 1.54) is 11.8 Å². The molecule has 0 unspecified atom stereocenters. The highest BCUT2D eigenvalue weighted by Gasteiger charge is 1.99. The Bertz CT molecular complexity index is 911. The Morgan fingerprint density at radius 2 is 1.48 bits per heavy atom. The molecule has 25 heavy (non-hydrogen) atoms. The van der Waals surface area contributed by atoms with Gasteiger partial charge in [-0.05, 0) is 53.9 Å². The van der Waals surface area contributed by atoms with Gasteiger partial charge in [0.2, 0.25) is 0 Å². The minimum Gasteiger partial charge on any atom is -0.508 e. The quantitative estimate of drug-likeness (QED) is 0.545.